The van der Waals surface area contributed by atoms with Crippen molar-refractivity contribution in [2.45, 2.75) is 19.4 Å². The molecule has 0 spiro atoms. The molecule has 1 aliphatic heterocycles. The maximum absolute atomic E-state index is 13.4. The lowest BCUT2D eigenvalue weighted by molar-refractivity contribution is -0.132. The van der Waals surface area contributed by atoms with Crippen LogP contribution in [0.2, 0.25) is 10.0 Å². The summed E-state index contributed by atoms with van der Waals surface area (Å²) in [6, 6.07) is 13.6. The highest BCUT2D eigenvalue weighted by Gasteiger charge is 2.47. The number of phenolic OH excluding ortho intramolecular Hbond substituents is 1. The van der Waals surface area contributed by atoms with Gasteiger partial charge in [0.1, 0.15) is 16.5 Å². The summed E-state index contributed by atoms with van der Waals surface area (Å²) in [4.78, 5) is 28.0. The number of ketones is 1. The first-order valence-electron chi connectivity index (χ1n) is 11.0. The van der Waals surface area contributed by atoms with E-state index in [1.807, 2.05) is 19.1 Å². The van der Waals surface area contributed by atoms with Gasteiger partial charge in [-0.25, -0.2) is 0 Å². The maximum Gasteiger partial charge on any atom is 0.300 e. The van der Waals surface area contributed by atoms with Gasteiger partial charge in [-0.15, -0.1) is 0 Å². The number of aryl methyl sites for hydroxylation is 1. The summed E-state index contributed by atoms with van der Waals surface area (Å²) >= 11 is 12.7. The summed E-state index contributed by atoms with van der Waals surface area (Å²) in [7, 11) is 2.73. The average Bonchev–Trinajstić information content (AvgIpc) is 3.14. The molecular weight excluding hydrogens is 505 g/mol. The smallest absolute Gasteiger partial charge is 0.300 e. The summed E-state index contributed by atoms with van der Waals surface area (Å²) in [6.07, 6.45) is 0.805. The standard InChI is InChI=1S/C27H23Cl2NO6/c1-4-14-5-9-16(10-6-14)30-22(15-7-11-17(31)12-8-15)20(24(33)27(30)34)23(32)18-13-19(28)26(36-3)21(29)25(18)35-2/h5-13,22,31-32H,4H2,1-3H3/b23-20+. The fourth-order valence-corrected chi connectivity index (χ4v) is 4.94. The fraction of sp³-hybridized carbons (Fsp3) is 0.185. The van der Waals surface area contributed by atoms with Gasteiger partial charge in [0.2, 0.25) is 0 Å². The number of benzene rings is 3. The maximum atomic E-state index is 13.4. The van der Waals surface area contributed by atoms with Gasteiger partial charge < -0.3 is 19.7 Å². The summed E-state index contributed by atoms with van der Waals surface area (Å²) in [6.45, 7) is 2.01. The van der Waals surface area contributed by atoms with E-state index in [-0.39, 0.29) is 38.4 Å². The molecule has 36 heavy (non-hydrogen) atoms. The van der Waals surface area contributed by atoms with Crippen molar-refractivity contribution >= 4 is 46.3 Å². The van der Waals surface area contributed by atoms with Gasteiger partial charge in [0.05, 0.1) is 36.4 Å². The average molecular weight is 528 g/mol. The number of amides is 1. The second-order valence-electron chi connectivity index (χ2n) is 8.07. The van der Waals surface area contributed by atoms with E-state index in [1.165, 1.54) is 37.3 Å². The molecule has 0 saturated carbocycles. The molecule has 0 aliphatic carbocycles. The van der Waals surface area contributed by atoms with Crippen LogP contribution in [0, 0.1) is 0 Å². The van der Waals surface area contributed by atoms with Crippen molar-refractivity contribution in [2.24, 2.45) is 0 Å². The molecule has 1 amide bonds. The number of halogens is 2. The third kappa shape index (κ3) is 4.25. The summed E-state index contributed by atoms with van der Waals surface area (Å²) in [5, 5.41) is 21.3. The number of anilines is 1. The van der Waals surface area contributed by atoms with Gasteiger partial charge >= 0.3 is 0 Å². The van der Waals surface area contributed by atoms with Gasteiger partial charge in [-0.3, -0.25) is 14.5 Å². The molecule has 0 radical (unpaired) electrons. The first-order valence-corrected chi connectivity index (χ1v) is 11.8. The zero-order valence-electron chi connectivity index (χ0n) is 19.7. The number of aromatic hydroxyl groups is 1. The highest BCUT2D eigenvalue weighted by molar-refractivity contribution is 6.52. The fourth-order valence-electron chi connectivity index (χ4n) is 4.25. The van der Waals surface area contributed by atoms with E-state index in [1.54, 1.807) is 24.3 Å². The second-order valence-corrected chi connectivity index (χ2v) is 8.85. The van der Waals surface area contributed by atoms with Crippen LogP contribution in [0.4, 0.5) is 5.69 Å². The zero-order valence-corrected chi connectivity index (χ0v) is 21.2. The highest BCUT2D eigenvalue weighted by Crippen LogP contribution is 2.48. The Balaban J connectivity index is 1.99. The van der Waals surface area contributed by atoms with Crippen molar-refractivity contribution in [3.63, 3.8) is 0 Å². The van der Waals surface area contributed by atoms with Crippen LogP contribution < -0.4 is 14.4 Å². The Labute approximate surface area is 218 Å². The monoisotopic (exact) mass is 527 g/mol. The highest BCUT2D eigenvalue weighted by atomic mass is 35.5. The number of aliphatic hydroxyl groups is 1. The van der Waals surface area contributed by atoms with Crippen LogP contribution in [0.15, 0.2) is 60.2 Å². The van der Waals surface area contributed by atoms with E-state index in [0.717, 1.165) is 12.0 Å². The van der Waals surface area contributed by atoms with Crippen molar-refractivity contribution in [3.8, 4) is 17.2 Å². The van der Waals surface area contributed by atoms with Crippen LogP contribution in [-0.2, 0) is 16.0 Å². The van der Waals surface area contributed by atoms with Gasteiger partial charge in [0.15, 0.2) is 11.5 Å². The molecule has 1 saturated heterocycles. The number of aliphatic hydroxyl groups excluding tert-OH is 1. The Morgan fingerprint density at radius 3 is 2.14 bits per heavy atom. The van der Waals surface area contributed by atoms with E-state index in [0.29, 0.717) is 11.3 Å². The minimum atomic E-state index is -0.998. The van der Waals surface area contributed by atoms with Gasteiger partial charge in [-0.05, 0) is 47.9 Å². The zero-order chi connectivity index (χ0) is 26.1. The van der Waals surface area contributed by atoms with Crippen LogP contribution in [0.25, 0.3) is 5.76 Å². The Morgan fingerprint density at radius 2 is 1.58 bits per heavy atom. The van der Waals surface area contributed by atoms with E-state index < -0.39 is 23.5 Å². The summed E-state index contributed by atoms with van der Waals surface area (Å²) in [5.41, 5.74) is 1.88. The first kappa shape index (κ1) is 25.4. The molecule has 1 atom stereocenters. The second kappa shape index (κ2) is 10.1. The van der Waals surface area contributed by atoms with Gasteiger partial charge in [-0.1, -0.05) is 54.4 Å². The van der Waals surface area contributed by atoms with Crippen LogP contribution in [-0.4, -0.2) is 36.1 Å². The molecule has 3 aromatic rings. The van der Waals surface area contributed by atoms with Crippen LogP contribution in [0.1, 0.15) is 29.7 Å². The van der Waals surface area contributed by atoms with Gasteiger partial charge in [0, 0.05) is 5.69 Å². The quantitative estimate of drug-likeness (QED) is 0.235. The molecule has 1 aliphatic rings. The first-order chi connectivity index (χ1) is 17.2. The topological polar surface area (TPSA) is 96.3 Å². The molecule has 1 unspecified atom stereocenters. The number of methoxy groups -OCH3 is 2. The Kier molecular flexibility index (Phi) is 7.15. The molecule has 7 nitrogen and oxygen atoms in total. The van der Waals surface area contributed by atoms with Crippen molar-refractivity contribution in [1.29, 1.82) is 0 Å². The van der Waals surface area contributed by atoms with E-state index in [9.17, 15) is 19.8 Å². The minimum absolute atomic E-state index is 0.000355. The summed E-state index contributed by atoms with van der Waals surface area (Å²) in [5.74, 6) is -2.05. The number of nitrogens with zero attached hydrogens (tertiary/aromatic N) is 1. The number of carbonyl (C=O) groups is 2. The van der Waals surface area contributed by atoms with Crippen LogP contribution in [0.5, 0.6) is 17.2 Å². The molecule has 0 bridgehead atoms. The molecule has 1 fully saturated rings. The number of rotatable bonds is 6. The number of carbonyl (C=O) groups excluding carboxylic acids is 2. The lowest BCUT2D eigenvalue weighted by Crippen LogP contribution is -2.29. The predicted molar refractivity (Wildman–Crippen MR) is 138 cm³/mol. The Bertz CT molecular complexity index is 1370. The van der Waals surface area contributed by atoms with Gasteiger partial charge in [0.25, 0.3) is 11.7 Å². The Hall–Kier alpha value is -3.68. The number of hydrogen-bond donors (Lipinski definition) is 2. The van der Waals surface area contributed by atoms with Gasteiger partial charge in [-0.2, -0.15) is 0 Å². The largest absolute Gasteiger partial charge is 0.508 e. The number of Topliss-reactive ketones (excluding diaryl/α,β-unsaturated/α-hetero) is 1. The van der Waals surface area contributed by atoms with Crippen molar-refractivity contribution < 1.29 is 29.3 Å². The predicted octanol–water partition coefficient (Wildman–Crippen LogP) is 5.90. The Morgan fingerprint density at radius 1 is 0.972 bits per heavy atom. The molecule has 2 N–H and O–H groups in total. The van der Waals surface area contributed by atoms with Crippen LogP contribution >= 0.6 is 23.2 Å². The van der Waals surface area contributed by atoms with E-state index >= 15 is 0 Å². The van der Waals surface area contributed by atoms with Crippen LogP contribution in [0.3, 0.4) is 0 Å². The molecular formula is C27H23Cl2NO6. The third-order valence-corrected chi connectivity index (χ3v) is 6.69. The van der Waals surface area contributed by atoms with Crippen molar-refractivity contribution in [2.75, 3.05) is 19.1 Å². The number of phenols is 1. The molecule has 4 rings (SSSR count). The molecule has 0 aromatic heterocycles. The number of ether oxygens (including phenoxy) is 2. The SMILES string of the molecule is CCc1ccc(N2C(=O)C(=O)/C(=C(/O)c3cc(Cl)c(OC)c(Cl)c3OC)C2c2ccc(O)cc2)cc1. The van der Waals surface area contributed by atoms with E-state index in [2.05, 4.69) is 0 Å². The number of hydrogen-bond acceptors (Lipinski definition) is 6. The minimum Gasteiger partial charge on any atom is -0.508 e. The molecule has 9 heteroatoms. The van der Waals surface area contributed by atoms with E-state index in [4.69, 9.17) is 32.7 Å². The molecule has 186 valence electrons. The van der Waals surface area contributed by atoms with Crippen molar-refractivity contribution in [1.82, 2.24) is 0 Å². The third-order valence-electron chi connectivity index (χ3n) is 6.07. The normalized spacial score (nSPS) is 16.9. The lowest BCUT2D eigenvalue weighted by atomic mass is 9.94. The van der Waals surface area contributed by atoms with Crippen molar-refractivity contribution in [3.05, 3.63) is 86.9 Å². The summed E-state index contributed by atoms with van der Waals surface area (Å²) < 4.78 is 10.6. The molecule has 1 heterocycles. The molecule has 3 aromatic carbocycles. The lowest BCUT2D eigenvalue weighted by Gasteiger charge is -2.26.